The van der Waals surface area contributed by atoms with Crippen molar-refractivity contribution >= 4 is 58.3 Å². The first-order chi connectivity index (χ1) is 6.95. The molecule has 3 nitrogen and oxygen atoms in total. The molecule has 1 aliphatic heterocycles. The highest BCUT2D eigenvalue weighted by Gasteiger charge is 2.35. The number of hydrogen-bond acceptors (Lipinski definition) is 3. The van der Waals surface area contributed by atoms with Gasteiger partial charge in [-0.15, -0.1) is 0 Å². The van der Waals surface area contributed by atoms with Crippen molar-refractivity contribution in [2.75, 3.05) is 0 Å². The highest BCUT2D eigenvalue weighted by Crippen LogP contribution is 2.43. The lowest BCUT2D eigenvalue weighted by Crippen LogP contribution is -2.21. The molecule has 0 aliphatic carbocycles. The third kappa shape index (κ3) is 1.42. The largest absolute Gasteiger partial charge is 0.386 e. The van der Waals surface area contributed by atoms with Crippen molar-refractivity contribution < 1.29 is 14.3 Å². The van der Waals surface area contributed by atoms with Crippen LogP contribution in [-0.2, 0) is 4.74 Å². The van der Waals surface area contributed by atoms with Gasteiger partial charge in [-0.1, -0.05) is 46.4 Å². The molecule has 1 aliphatic rings. The maximum atomic E-state index is 11.3. The fourth-order valence-electron chi connectivity index (χ4n) is 1.18. The van der Waals surface area contributed by atoms with Crippen LogP contribution in [0.5, 0.6) is 0 Å². The van der Waals surface area contributed by atoms with Crippen molar-refractivity contribution in [1.82, 2.24) is 0 Å². The minimum absolute atomic E-state index is 0.0854. The van der Waals surface area contributed by atoms with Gasteiger partial charge in [0.2, 0.25) is 0 Å². The van der Waals surface area contributed by atoms with E-state index in [4.69, 9.17) is 46.4 Å². The van der Waals surface area contributed by atoms with E-state index >= 15 is 0 Å². The van der Waals surface area contributed by atoms with Crippen LogP contribution in [-0.4, -0.2) is 11.9 Å². The number of halogens is 4. The summed E-state index contributed by atoms with van der Waals surface area (Å²) in [6.45, 7) is 0. The molecular formula is C8Cl4O3. The van der Waals surface area contributed by atoms with Crippen LogP contribution in [0.3, 0.4) is 0 Å². The summed E-state index contributed by atoms with van der Waals surface area (Å²) in [6, 6.07) is 0. The lowest BCUT2D eigenvalue weighted by molar-refractivity contribution is 0.0385. The molecule has 0 spiro atoms. The molecule has 2 bridgehead atoms. The molecule has 0 N–H and O–H groups in total. The first kappa shape index (κ1) is 11.0. The number of esters is 2. The molecule has 1 heterocycles. The summed E-state index contributed by atoms with van der Waals surface area (Å²) in [7, 11) is 0. The van der Waals surface area contributed by atoms with Crippen molar-refractivity contribution in [3.63, 3.8) is 0 Å². The van der Waals surface area contributed by atoms with Gasteiger partial charge in [0.25, 0.3) is 0 Å². The molecule has 0 unspecified atom stereocenters. The molecule has 0 saturated heterocycles. The van der Waals surface area contributed by atoms with E-state index in [1.165, 1.54) is 0 Å². The molecule has 7 heteroatoms. The average Bonchev–Trinajstić information content (AvgIpc) is 2.13. The van der Waals surface area contributed by atoms with Crippen LogP contribution in [0.2, 0.25) is 20.1 Å². The van der Waals surface area contributed by atoms with Gasteiger partial charge in [-0.3, -0.25) is 0 Å². The van der Waals surface area contributed by atoms with Crippen LogP contribution in [0.1, 0.15) is 20.7 Å². The topological polar surface area (TPSA) is 43.4 Å². The van der Waals surface area contributed by atoms with E-state index in [0.717, 1.165) is 0 Å². The highest BCUT2D eigenvalue weighted by atomic mass is 35.5. The Morgan fingerprint density at radius 3 is 1.47 bits per heavy atom. The lowest BCUT2D eigenvalue weighted by atomic mass is 10.1. The van der Waals surface area contributed by atoms with E-state index in [1.54, 1.807) is 0 Å². The summed E-state index contributed by atoms with van der Waals surface area (Å²) in [5.74, 6) is -1.86. The molecule has 0 aromatic heterocycles. The van der Waals surface area contributed by atoms with Gasteiger partial charge in [-0.25, -0.2) is 9.59 Å². The summed E-state index contributed by atoms with van der Waals surface area (Å²) < 4.78 is 4.37. The monoisotopic (exact) mass is 284 g/mol. The Balaban J connectivity index is 2.95. The van der Waals surface area contributed by atoms with Gasteiger partial charge in [-0.05, 0) is 0 Å². The van der Waals surface area contributed by atoms with E-state index < -0.39 is 11.9 Å². The second-order valence-electron chi connectivity index (χ2n) is 2.68. The number of cyclic esters (lactones) is 2. The van der Waals surface area contributed by atoms with Gasteiger partial charge in [0.15, 0.2) is 0 Å². The molecule has 0 radical (unpaired) electrons. The predicted molar refractivity (Wildman–Crippen MR) is 56.2 cm³/mol. The number of carbonyl (C=O) groups is 2. The number of carbonyl (C=O) groups excluding carboxylic acids is 2. The fourth-order valence-corrected chi connectivity index (χ4v) is 2.39. The standard InChI is InChI=1S/C8Cl4O3/c9-3-1-4(10)6(12)5(11)2(3)8(14)15-7(1)13. The number of benzene rings is 1. The van der Waals surface area contributed by atoms with Gasteiger partial charge in [0.1, 0.15) is 0 Å². The molecule has 2 rings (SSSR count). The van der Waals surface area contributed by atoms with E-state index in [1.807, 2.05) is 0 Å². The van der Waals surface area contributed by atoms with Crippen molar-refractivity contribution in [3.8, 4) is 0 Å². The zero-order chi connectivity index (χ0) is 11.3. The van der Waals surface area contributed by atoms with Crippen LogP contribution in [0.15, 0.2) is 0 Å². The predicted octanol–water partition coefficient (Wildman–Crippen LogP) is 3.61. The van der Waals surface area contributed by atoms with Crippen LogP contribution in [0.25, 0.3) is 0 Å². The quantitative estimate of drug-likeness (QED) is 0.316. The van der Waals surface area contributed by atoms with Gasteiger partial charge in [-0.2, -0.15) is 0 Å². The molecule has 0 atom stereocenters. The maximum Gasteiger partial charge on any atom is 0.349 e. The molecule has 15 heavy (non-hydrogen) atoms. The lowest BCUT2D eigenvalue weighted by Gasteiger charge is -2.17. The Kier molecular flexibility index (Phi) is 2.59. The summed E-state index contributed by atoms with van der Waals surface area (Å²) >= 11 is 23.0. The zero-order valence-electron chi connectivity index (χ0n) is 6.74. The summed E-state index contributed by atoms with van der Waals surface area (Å²) in [6.07, 6.45) is 0. The third-order valence-electron chi connectivity index (χ3n) is 1.86. The van der Waals surface area contributed by atoms with Crippen LogP contribution < -0.4 is 0 Å². The Bertz CT molecular complexity index is 468. The third-order valence-corrected chi connectivity index (χ3v) is 3.56. The first-order valence-electron chi connectivity index (χ1n) is 3.57. The normalized spacial score (nSPS) is 14.1. The molecule has 0 fully saturated rings. The SMILES string of the molecule is O=C1OC(=O)c2c(Cl)c(Cl)c(Cl)c1c2Cl. The van der Waals surface area contributed by atoms with Gasteiger partial charge in [0, 0.05) is 0 Å². The zero-order valence-corrected chi connectivity index (χ0v) is 9.76. The summed E-state index contributed by atoms with van der Waals surface area (Å²) in [5.41, 5.74) is -0.273. The van der Waals surface area contributed by atoms with Gasteiger partial charge in [0.05, 0.1) is 31.2 Å². The molecule has 1 aromatic rings. The van der Waals surface area contributed by atoms with Gasteiger partial charge >= 0.3 is 11.9 Å². The van der Waals surface area contributed by atoms with Crippen LogP contribution in [0, 0.1) is 0 Å². The van der Waals surface area contributed by atoms with Crippen LogP contribution >= 0.6 is 46.4 Å². The van der Waals surface area contributed by atoms with E-state index in [0.29, 0.717) is 0 Å². The van der Waals surface area contributed by atoms with Crippen molar-refractivity contribution in [1.29, 1.82) is 0 Å². The number of ether oxygens (including phenoxy) is 1. The van der Waals surface area contributed by atoms with E-state index in [2.05, 4.69) is 4.74 Å². The smallest absolute Gasteiger partial charge is 0.349 e. The fraction of sp³-hybridized carbons (Fsp3) is 0. The molecular weight excluding hydrogens is 286 g/mol. The van der Waals surface area contributed by atoms with Crippen LogP contribution in [0.4, 0.5) is 0 Å². The maximum absolute atomic E-state index is 11.3. The molecule has 1 aromatic carbocycles. The Hall–Kier alpha value is -0.480. The Labute approximate surface area is 104 Å². The second-order valence-corrected chi connectivity index (χ2v) is 4.19. The van der Waals surface area contributed by atoms with E-state index in [9.17, 15) is 9.59 Å². The Morgan fingerprint density at radius 1 is 0.667 bits per heavy atom. The Morgan fingerprint density at radius 2 is 1.07 bits per heavy atom. The summed E-state index contributed by atoms with van der Waals surface area (Å²) in [5, 5.41) is -0.450. The molecule has 0 amide bonds. The molecule has 0 saturated carbocycles. The first-order valence-corrected chi connectivity index (χ1v) is 5.08. The van der Waals surface area contributed by atoms with Gasteiger partial charge < -0.3 is 4.74 Å². The summed E-state index contributed by atoms with van der Waals surface area (Å²) in [4.78, 5) is 22.5. The van der Waals surface area contributed by atoms with E-state index in [-0.39, 0.29) is 31.2 Å². The minimum atomic E-state index is -0.930. The number of rotatable bonds is 0. The number of fused-ring (bicyclic) bond motifs is 2. The average molecular weight is 286 g/mol. The highest BCUT2D eigenvalue weighted by molar-refractivity contribution is 6.53. The van der Waals surface area contributed by atoms with Crippen molar-refractivity contribution in [2.45, 2.75) is 0 Å². The van der Waals surface area contributed by atoms with Crippen molar-refractivity contribution in [3.05, 3.63) is 31.2 Å². The number of hydrogen-bond donors (Lipinski definition) is 0. The molecule has 78 valence electrons. The second kappa shape index (κ2) is 3.52. The minimum Gasteiger partial charge on any atom is -0.386 e. The van der Waals surface area contributed by atoms with Crippen molar-refractivity contribution in [2.24, 2.45) is 0 Å².